The molecule has 0 saturated heterocycles. The maximum absolute atomic E-state index is 13.0. The number of anilines is 1. The van der Waals surface area contributed by atoms with Gasteiger partial charge in [0.2, 0.25) is 0 Å². The summed E-state index contributed by atoms with van der Waals surface area (Å²) < 4.78 is 12.3. The number of hydrogen-bond acceptors (Lipinski definition) is 4. The topological polar surface area (TPSA) is 38.8 Å². The Morgan fingerprint density at radius 3 is 2.03 bits per heavy atom. The zero-order valence-electron chi connectivity index (χ0n) is 16.5. The van der Waals surface area contributed by atoms with Crippen LogP contribution in [0.25, 0.3) is 0 Å². The standard InChI is InChI=1S/C26H21NO3/c1-3-15-27(16-4-2)18-13-14-19-22(17-18)26(30-25(19)28)20-9-5-7-11-23(20)29-24-12-8-6-10-21(24)26/h3-14,17H,1-2,15-16H2. The highest BCUT2D eigenvalue weighted by molar-refractivity contribution is 5.97. The van der Waals surface area contributed by atoms with Gasteiger partial charge >= 0.3 is 5.97 Å². The van der Waals surface area contributed by atoms with E-state index in [1.807, 2.05) is 78.9 Å². The Morgan fingerprint density at radius 2 is 1.43 bits per heavy atom. The number of carbonyl (C=O) groups is 1. The van der Waals surface area contributed by atoms with E-state index in [4.69, 9.17) is 9.47 Å². The van der Waals surface area contributed by atoms with Crippen molar-refractivity contribution in [1.29, 1.82) is 0 Å². The summed E-state index contributed by atoms with van der Waals surface area (Å²) in [6.45, 7) is 9.07. The molecule has 4 nitrogen and oxygen atoms in total. The Morgan fingerprint density at radius 1 is 0.833 bits per heavy atom. The summed E-state index contributed by atoms with van der Waals surface area (Å²) in [6.07, 6.45) is 3.71. The highest BCUT2D eigenvalue weighted by Crippen LogP contribution is 2.56. The molecule has 2 heterocycles. The van der Waals surface area contributed by atoms with Gasteiger partial charge in [0.25, 0.3) is 0 Å². The molecule has 0 saturated carbocycles. The van der Waals surface area contributed by atoms with Gasteiger partial charge in [-0.25, -0.2) is 4.79 Å². The quantitative estimate of drug-likeness (QED) is 0.426. The molecule has 0 aliphatic carbocycles. The van der Waals surface area contributed by atoms with Crippen LogP contribution < -0.4 is 9.64 Å². The summed E-state index contributed by atoms with van der Waals surface area (Å²) in [4.78, 5) is 15.1. The number of hydrogen-bond donors (Lipinski definition) is 0. The lowest BCUT2D eigenvalue weighted by molar-refractivity contribution is 0.0224. The van der Waals surface area contributed by atoms with Gasteiger partial charge in [0.05, 0.1) is 5.56 Å². The van der Waals surface area contributed by atoms with Gasteiger partial charge in [0.15, 0.2) is 5.60 Å². The van der Waals surface area contributed by atoms with Crippen LogP contribution in [0.5, 0.6) is 11.5 Å². The van der Waals surface area contributed by atoms with Crippen LogP contribution in [0.15, 0.2) is 92.0 Å². The molecule has 0 N–H and O–H groups in total. The summed E-state index contributed by atoms with van der Waals surface area (Å²) in [5.41, 5.74) is 2.99. The third-order valence-electron chi connectivity index (χ3n) is 5.66. The number of fused-ring (bicyclic) bond motifs is 6. The van der Waals surface area contributed by atoms with E-state index in [1.165, 1.54) is 0 Å². The molecule has 3 aromatic carbocycles. The molecule has 3 aromatic rings. The Balaban J connectivity index is 1.79. The van der Waals surface area contributed by atoms with Crippen molar-refractivity contribution in [3.63, 3.8) is 0 Å². The number of ether oxygens (including phenoxy) is 2. The molecule has 4 heteroatoms. The van der Waals surface area contributed by atoms with Crippen LogP contribution in [0.3, 0.4) is 0 Å². The van der Waals surface area contributed by atoms with E-state index >= 15 is 0 Å². The third kappa shape index (κ3) is 2.50. The van der Waals surface area contributed by atoms with Crippen molar-refractivity contribution in [2.45, 2.75) is 5.60 Å². The van der Waals surface area contributed by atoms with Crippen molar-refractivity contribution in [3.8, 4) is 11.5 Å². The molecule has 2 aliphatic rings. The minimum Gasteiger partial charge on any atom is -0.456 e. The molecular weight excluding hydrogens is 374 g/mol. The fourth-order valence-electron chi connectivity index (χ4n) is 4.40. The Bertz CT molecular complexity index is 1120. The van der Waals surface area contributed by atoms with Crippen molar-refractivity contribution >= 4 is 11.7 Å². The third-order valence-corrected chi connectivity index (χ3v) is 5.66. The number of nitrogens with zero attached hydrogens (tertiary/aromatic N) is 1. The van der Waals surface area contributed by atoms with Crippen LogP contribution in [-0.4, -0.2) is 19.1 Å². The largest absolute Gasteiger partial charge is 0.456 e. The first kappa shape index (κ1) is 18.3. The summed E-state index contributed by atoms with van der Waals surface area (Å²) >= 11 is 0. The molecule has 1 spiro atoms. The second-order valence-electron chi connectivity index (χ2n) is 7.38. The molecule has 0 amide bonds. The molecule has 0 atom stereocenters. The van der Waals surface area contributed by atoms with E-state index in [1.54, 1.807) is 0 Å². The average molecular weight is 395 g/mol. The first-order valence-corrected chi connectivity index (χ1v) is 9.90. The molecule has 0 unspecified atom stereocenters. The number of para-hydroxylation sites is 2. The minimum atomic E-state index is -1.04. The molecule has 30 heavy (non-hydrogen) atoms. The number of benzene rings is 3. The molecule has 0 radical (unpaired) electrons. The smallest absolute Gasteiger partial charge is 0.340 e. The number of rotatable bonds is 5. The van der Waals surface area contributed by atoms with Crippen molar-refractivity contribution in [2.75, 3.05) is 18.0 Å². The number of esters is 1. The Labute approximate surface area is 175 Å². The van der Waals surface area contributed by atoms with Gasteiger partial charge in [-0.2, -0.15) is 0 Å². The maximum atomic E-state index is 13.0. The Hall–Kier alpha value is -3.79. The second-order valence-corrected chi connectivity index (χ2v) is 7.38. The van der Waals surface area contributed by atoms with Gasteiger partial charge in [-0.15, -0.1) is 13.2 Å². The van der Waals surface area contributed by atoms with Crippen LogP contribution in [0.2, 0.25) is 0 Å². The lowest BCUT2D eigenvalue weighted by Gasteiger charge is -2.36. The van der Waals surface area contributed by atoms with Crippen molar-refractivity contribution in [3.05, 3.63) is 114 Å². The zero-order chi connectivity index (χ0) is 20.7. The van der Waals surface area contributed by atoms with Gasteiger partial charge in [-0.3, -0.25) is 0 Å². The first-order valence-electron chi connectivity index (χ1n) is 9.90. The molecule has 0 aromatic heterocycles. The molecule has 148 valence electrons. The van der Waals surface area contributed by atoms with Crippen LogP contribution in [-0.2, 0) is 10.3 Å². The van der Waals surface area contributed by atoms with E-state index in [0.29, 0.717) is 30.2 Å². The van der Waals surface area contributed by atoms with E-state index in [0.717, 1.165) is 22.4 Å². The van der Waals surface area contributed by atoms with E-state index < -0.39 is 5.60 Å². The Kier molecular flexibility index (Phi) is 4.21. The molecule has 0 fully saturated rings. The lowest BCUT2D eigenvalue weighted by Crippen LogP contribution is -2.33. The van der Waals surface area contributed by atoms with E-state index in [9.17, 15) is 4.79 Å². The second kappa shape index (κ2) is 6.92. The summed E-state index contributed by atoms with van der Waals surface area (Å²) in [6, 6.07) is 21.3. The molecule has 0 bridgehead atoms. The minimum absolute atomic E-state index is 0.331. The van der Waals surface area contributed by atoms with E-state index in [2.05, 4.69) is 18.1 Å². The summed E-state index contributed by atoms with van der Waals surface area (Å²) in [5, 5.41) is 0. The molecule has 5 rings (SSSR count). The fraction of sp³-hybridized carbons (Fsp3) is 0.115. The zero-order valence-corrected chi connectivity index (χ0v) is 16.5. The van der Waals surface area contributed by atoms with Crippen LogP contribution in [0, 0.1) is 0 Å². The highest BCUT2D eigenvalue weighted by atomic mass is 16.6. The summed E-state index contributed by atoms with van der Waals surface area (Å²) in [5.74, 6) is 1.05. The molecule has 2 aliphatic heterocycles. The van der Waals surface area contributed by atoms with Crippen LogP contribution >= 0.6 is 0 Å². The van der Waals surface area contributed by atoms with E-state index in [-0.39, 0.29) is 5.97 Å². The van der Waals surface area contributed by atoms with Crippen molar-refractivity contribution in [2.24, 2.45) is 0 Å². The number of carbonyl (C=O) groups excluding carboxylic acids is 1. The summed E-state index contributed by atoms with van der Waals surface area (Å²) in [7, 11) is 0. The predicted molar refractivity (Wildman–Crippen MR) is 117 cm³/mol. The van der Waals surface area contributed by atoms with Gasteiger partial charge in [0.1, 0.15) is 11.5 Å². The van der Waals surface area contributed by atoms with Gasteiger partial charge in [-0.1, -0.05) is 48.6 Å². The SMILES string of the molecule is C=CCN(CC=C)c1ccc2c(c1)C1(OC2=O)c2ccccc2Oc2ccccc21. The monoisotopic (exact) mass is 395 g/mol. The first-order chi connectivity index (χ1) is 14.7. The maximum Gasteiger partial charge on any atom is 0.340 e. The normalized spacial score (nSPS) is 14.7. The van der Waals surface area contributed by atoms with Crippen molar-refractivity contribution in [1.82, 2.24) is 0 Å². The molecular formula is C26H21NO3. The van der Waals surface area contributed by atoms with Crippen LogP contribution in [0.1, 0.15) is 27.0 Å². The van der Waals surface area contributed by atoms with Crippen LogP contribution in [0.4, 0.5) is 5.69 Å². The van der Waals surface area contributed by atoms with Gasteiger partial charge in [-0.05, 0) is 30.3 Å². The fourth-order valence-corrected chi connectivity index (χ4v) is 4.40. The van der Waals surface area contributed by atoms with Crippen molar-refractivity contribution < 1.29 is 14.3 Å². The average Bonchev–Trinajstić information content (AvgIpc) is 3.06. The lowest BCUT2D eigenvalue weighted by atomic mass is 9.77. The van der Waals surface area contributed by atoms with Gasteiger partial charge < -0.3 is 14.4 Å². The highest BCUT2D eigenvalue weighted by Gasteiger charge is 2.53. The van der Waals surface area contributed by atoms with Gasteiger partial charge in [0, 0.05) is 35.5 Å². The predicted octanol–water partition coefficient (Wildman–Crippen LogP) is 5.43.